The van der Waals surface area contributed by atoms with Gasteiger partial charge in [-0.2, -0.15) is 0 Å². The van der Waals surface area contributed by atoms with Crippen molar-refractivity contribution in [1.29, 1.82) is 0 Å². The molecule has 114 valence electrons. The average Bonchev–Trinajstić information content (AvgIpc) is 3.25. The molecular weight excluding hydrogens is 280 g/mol. The second-order valence-electron chi connectivity index (χ2n) is 6.36. The Morgan fingerprint density at radius 1 is 1.29 bits per heavy atom. The zero-order valence-electron chi connectivity index (χ0n) is 13.3. The molecule has 1 heterocycles. The molecule has 1 aliphatic rings. The minimum Gasteiger partial charge on any atom is -0.497 e. The minimum atomic E-state index is -1.37. The molecule has 1 aromatic carbocycles. The first-order valence-corrected chi connectivity index (χ1v) is 10.8. The van der Waals surface area contributed by atoms with E-state index in [2.05, 4.69) is 31.1 Å². The lowest BCUT2D eigenvalue weighted by Crippen LogP contribution is -2.20. The van der Waals surface area contributed by atoms with E-state index in [1.165, 1.54) is 0 Å². The van der Waals surface area contributed by atoms with Gasteiger partial charge in [0, 0.05) is 6.42 Å². The summed E-state index contributed by atoms with van der Waals surface area (Å²) < 4.78 is 16.4. The molecule has 0 N–H and O–H groups in total. The van der Waals surface area contributed by atoms with E-state index < -0.39 is 8.07 Å². The van der Waals surface area contributed by atoms with Gasteiger partial charge >= 0.3 is 0 Å². The Morgan fingerprint density at radius 2 is 1.95 bits per heavy atom. The highest BCUT2D eigenvalue weighted by Gasteiger charge is 2.26. The molecule has 0 saturated carbocycles. The highest BCUT2D eigenvalue weighted by atomic mass is 28.3. The van der Waals surface area contributed by atoms with Crippen LogP contribution >= 0.6 is 0 Å². The second-order valence-corrected chi connectivity index (χ2v) is 11.1. The summed E-state index contributed by atoms with van der Waals surface area (Å²) in [6.45, 7) is 8.15. The highest BCUT2D eigenvalue weighted by molar-refractivity contribution is 6.83. The Morgan fingerprint density at radius 3 is 2.48 bits per heavy atom. The zero-order valence-corrected chi connectivity index (χ0v) is 14.3. The first-order chi connectivity index (χ1) is 9.96. The van der Waals surface area contributed by atoms with E-state index in [1.54, 1.807) is 7.11 Å². The van der Waals surface area contributed by atoms with E-state index in [-0.39, 0.29) is 6.10 Å². The maximum absolute atomic E-state index is 5.98. The van der Waals surface area contributed by atoms with Gasteiger partial charge in [0.15, 0.2) is 0 Å². The maximum atomic E-state index is 5.98. The molecule has 1 fully saturated rings. The number of methoxy groups -OCH3 is 1. The van der Waals surface area contributed by atoms with Crippen LogP contribution in [0, 0.1) is 11.5 Å². The van der Waals surface area contributed by atoms with Crippen LogP contribution in [-0.4, -0.2) is 34.0 Å². The topological polar surface area (TPSA) is 31.0 Å². The van der Waals surface area contributed by atoms with Crippen LogP contribution in [0.4, 0.5) is 0 Å². The van der Waals surface area contributed by atoms with Crippen LogP contribution in [0.2, 0.25) is 19.6 Å². The predicted molar refractivity (Wildman–Crippen MR) is 87.1 cm³/mol. The van der Waals surface area contributed by atoms with E-state index >= 15 is 0 Å². The molecule has 0 radical (unpaired) electrons. The van der Waals surface area contributed by atoms with Gasteiger partial charge in [0.2, 0.25) is 0 Å². The molecule has 1 aromatic rings. The van der Waals surface area contributed by atoms with Gasteiger partial charge in [0.1, 0.15) is 19.9 Å². The standard InChI is InChI=1S/C17H24O3Si/c1-18-15-7-5-14(6-8-15)12-19-16(11-17-13-20-17)9-10-21(2,3)4/h5-8,16-17H,11-13H2,1-4H3/t16-,17+/m1/s1. The molecule has 0 aromatic heterocycles. The molecule has 0 amide bonds. The van der Waals surface area contributed by atoms with Crippen molar-refractivity contribution in [1.82, 2.24) is 0 Å². The first-order valence-electron chi connectivity index (χ1n) is 7.35. The Kier molecular flexibility index (Phi) is 5.46. The minimum absolute atomic E-state index is 0.0358. The van der Waals surface area contributed by atoms with Crippen LogP contribution in [0.1, 0.15) is 12.0 Å². The van der Waals surface area contributed by atoms with Crippen molar-refractivity contribution in [3.05, 3.63) is 29.8 Å². The summed E-state index contributed by atoms with van der Waals surface area (Å²) in [5, 5.41) is 0. The summed E-state index contributed by atoms with van der Waals surface area (Å²) in [6, 6.07) is 7.95. The third-order valence-electron chi connectivity index (χ3n) is 3.10. The van der Waals surface area contributed by atoms with Crippen LogP contribution in [0.3, 0.4) is 0 Å². The quantitative estimate of drug-likeness (QED) is 0.459. The Hall–Kier alpha value is -1.28. The van der Waals surface area contributed by atoms with Crippen molar-refractivity contribution in [3.63, 3.8) is 0 Å². The van der Waals surface area contributed by atoms with Crippen molar-refractivity contribution >= 4 is 8.07 Å². The van der Waals surface area contributed by atoms with Gasteiger partial charge in [0.05, 0.1) is 26.4 Å². The van der Waals surface area contributed by atoms with Gasteiger partial charge in [-0.3, -0.25) is 0 Å². The molecule has 2 atom stereocenters. The number of ether oxygens (including phenoxy) is 3. The van der Waals surface area contributed by atoms with E-state index in [0.29, 0.717) is 12.7 Å². The molecule has 1 aliphatic heterocycles. The number of hydrogen-bond donors (Lipinski definition) is 0. The SMILES string of the molecule is COc1ccc(CO[C@H](C#C[Si](C)(C)C)C[C@H]2CO2)cc1. The lowest BCUT2D eigenvalue weighted by Gasteiger charge is -2.13. The van der Waals surface area contributed by atoms with Crippen molar-refractivity contribution in [2.24, 2.45) is 0 Å². The van der Waals surface area contributed by atoms with Gasteiger partial charge in [-0.25, -0.2) is 0 Å². The molecular formula is C17H24O3Si. The van der Waals surface area contributed by atoms with Crippen LogP contribution < -0.4 is 4.74 Å². The molecule has 21 heavy (non-hydrogen) atoms. The van der Waals surface area contributed by atoms with E-state index in [1.807, 2.05) is 24.3 Å². The van der Waals surface area contributed by atoms with Crippen molar-refractivity contribution < 1.29 is 14.2 Å². The van der Waals surface area contributed by atoms with Crippen molar-refractivity contribution in [2.75, 3.05) is 13.7 Å². The summed E-state index contributed by atoms with van der Waals surface area (Å²) in [4.78, 5) is 0. The van der Waals surface area contributed by atoms with Gasteiger partial charge in [-0.1, -0.05) is 37.7 Å². The molecule has 0 unspecified atom stereocenters. The van der Waals surface area contributed by atoms with Crippen LogP contribution in [0.5, 0.6) is 5.75 Å². The van der Waals surface area contributed by atoms with Crippen molar-refractivity contribution in [2.45, 2.75) is 44.9 Å². The lowest BCUT2D eigenvalue weighted by molar-refractivity contribution is 0.0674. The third kappa shape index (κ3) is 6.34. The monoisotopic (exact) mass is 304 g/mol. The van der Waals surface area contributed by atoms with Crippen LogP contribution in [-0.2, 0) is 16.1 Å². The smallest absolute Gasteiger partial charge is 0.129 e. The molecule has 1 saturated heterocycles. The molecule has 2 rings (SSSR count). The molecule has 3 nitrogen and oxygen atoms in total. The van der Waals surface area contributed by atoms with E-state index in [0.717, 1.165) is 24.3 Å². The lowest BCUT2D eigenvalue weighted by atomic mass is 10.2. The van der Waals surface area contributed by atoms with Crippen LogP contribution in [0.25, 0.3) is 0 Å². The Balaban J connectivity index is 1.92. The average molecular weight is 304 g/mol. The third-order valence-corrected chi connectivity index (χ3v) is 3.99. The fourth-order valence-electron chi connectivity index (χ4n) is 1.83. The fraction of sp³-hybridized carbons (Fsp3) is 0.529. The Bertz CT molecular complexity index is 504. The van der Waals surface area contributed by atoms with E-state index in [9.17, 15) is 0 Å². The summed E-state index contributed by atoms with van der Waals surface area (Å²) in [7, 11) is 0.300. The number of hydrogen-bond acceptors (Lipinski definition) is 3. The Labute approximate surface area is 128 Å². The summed E-state index contributed by atoms with van der Waals surface area (Å²) in [6.07, 6.45) is 1.17. The van der Waals surface area contributed by atoms with Gasteiger partial charge in [0.25, 0.3) is 0 Å². The largest absolute Gasteiger partial charge is 0.497 e. The molecule has 4 heteroatoms. The summed E-state index contributed by atoms with van der Waals surface area (Å²) >= 11 is 0. The second kappa shape index (κ2) is 7.12. The van der Waals surface area contributed by atoms with Crippen LogP contribution in [0.15, 0.2) is 24.3 Å². The van der Waals surface area contributed by atoms with E-state index in [4.69, 9.17) is 14.2 Å². The normalized spacial score (nSPS) is 18.6. The zero-order chi connectivity index (χ0) is 15.3. The number of benzene rings is 1. The van der Waals surface area contributed by atoms with Crippen molar-refractivity contribution in [3.8, 4) is 17.2 Å². The number of rotatable bonds is 6. The van der Waals surface area contributed by atoms with Gasteiger partial charge in [-0.15, -0.1) is 5.54 Å². The first kappa shape index (κ1) is 16.1. The maximum Gasteiger partial charge on any atom is 0.129 e. The molecule has 0 spiro atoms. The molecule has 0 aliphatic carbocycles. The molecule has 0 bridgehead atoms. The summed E-state index contributed by atoms with van der Waals surface area (Å²) in [5.41, 5.74) is 4.53. The summed E-state index contributed by atoms with van der Waals surface area (Å²) in [5.74, 6) is 4.17. The highest BCUT2D eigenvalue weighted by Crippen LogP contribution is 2.19. The van der Waals surface area contributed by atoms with Gasteiger partial charge in [-0.05, 0) is 17.7 Å². The predicted octanol–water partition coefficient (Wildman–Crippen LogP) is 3.25. The fourth-order valence-corrected chi connectivity index (χ4v) is 2.42. The van der Waals surface area contributed by atoms with Gasteiger partial charge < -0.3 is 14.2 Å². The number of epoxide rings is 1.